The predicted molar refractivity (Wildman–Crippen MR) is 73.8 cm³/mol. The molecular formula is C14H12F3NO2S. The zero-order valence-electron chi connectivity index (χ0n) is 11.3. The number of Topliss-reactive ketones (excluding diaryl/α,β-unsaturated/α-hetero) is 1. The fraction of sp³-hybridized carbons (Fsp3) is 0.286. The van der Waals surface area contributed by atoms with Crippen molar-refractivity contribution in [2.24, 2.45) is 0 Å². The second-order valence-electron chi connectivity index (χ2n) is 4.58. The molecule has 0 radical (unpaired) electrons. The van der Waals surface area contributed by atoms with Crippen LogP contribution in [0.1, 0.15) is 25.8 Å². The first-order valence-electron chi connectivity index (χ1n) is 6.07. The van der Waals surface area contributed by atoms with Gasteiger partial charge in [-0.05, 0) is 26.0 Å². The first-order chi connectivity index (χ1) is 9.70. The van der Waals surface area contributed by atoms with Crippen molar-refractivity contribution < 1.29 is 18.0 Å². The Morgan fingerprint density at radius 2 is 1.95 bits per heavy atom. The number of rotatable bonds is 3. The van der Waals surface area contributed by atoms with Crippen LogP contribution in [0.15, 0.2) is 29.1 Å². The number of hydrogen-bond acceptors (Lipinski definition) is 3. The summed E-state index contributed by atoms with van der Waals surface area (Å²) in [6.07, 6.45) is -4.68. The van der Waals surface area contributed by atoms with Crippen LogP contribution in [-0.2, 0) is 12.7 Å². The van der Waals surface area contributed by atoms with Crippen molar-refractivity contribution in [2.75, 3.05) is 0 Å². The van der Waals surface area contributed by atoms with E-state index in [1.54, 1.807) is 13.0 Å². The molecule has 112 valence electrons. The maximum atomic E-state index is 12.9. The summed E-state index contributed by atoms with van der Waals surface area (Å²) < 4.78 is 39.2. The van der Waals surface area contributed by atoms with E-state index in [1.165, 1.54) is 11.3 Å². The maximum absolute atomic E-state index is 12.9. The number of nitrogens with zero attached hydrogens (tertiary/aromatic N) is 1. The van der Waals surface area contributed by atoms with Crippen molar-refractivity contribution in [3.8, 4) is 0 Å². The van der Waals surface area contributed by atoms with Crippen molar-refractivity contribution in [1.82, 2.24) is 4.57 Å². The van der Waals surface area contributed by atoms with E-state index in [0.717, 1.165) is 28.0 Å². The number of carbonyl (C=O) groups is 1. The monoisotopic (exact) mass is 315 g/mol. The molecule has 0 N–H and O–H groups in total. The lowest BCUT2D eigenvalue weighted by molar-refractivity contribution is -0.144. The summed E-state index contributed by atoms with van der Waals surface area (Å²) in [6.45, 7) is 2.92. The van der Waals surface area contributed by atoms with Crippen molar-refractivity contribution in [3.63, 3.8) is 0 Å². The summed E-state index contributed by atoms with van der Waals surface area (Å²) in [7, 11) is 0. The molecule has 2 rings (SSSR count). The Morgan fingerprint density at radius 3 is 2.48 bits per heavy atom. The average Bonchev–Trinajstić information content (AvgIpc) is 2.69. The Hall–Kier alpha value is -1.89. The lowest BCUT2D eigenvalue weighted by atomic mass is 10.1. The molecule has 2 aromatic heterocycles. The van der Waals surface area contributed by atoms with Crippen molar-refractivity contribution in [3.05, 3.63) is 55.6 Å². The third kappa shape index (κ3) is 3.24. The van der Waals surface area contributed by atoms with E-state index in [-0.39, 0.29) is 0 Å². The highest BCUT2D eigenvalue weighted by Crippen LogP contribution is 2.28. The highest BCUT2D eigenvalue weighted by Gasteiger charge is 2.34. The van der Waals surface area contributed by atoms with Gasteiger partial charge in [-0.1, -0.05) is 6.07 Å². The van der Waals surface area contributed by atoms with Crippen LogP contribution in [0, 0.1) is 13.8 Å². The number of hydrogen-bond donors (Lipinski definition) is 0. The second kappa shape index (κ2) is 5.48. The van der Waals surface area contributed by atoms with E-state index in [4.69, 9.17) is 0 Å². The van der Waals surface area contributed by atoms with Crippen molar-refractivity contribution >= 4 is 17.1 Å². The quantitative estimate of drug-likeness (QED) is 0.814. The van der Waals surface area contributed by atoms with E-state index in [1.807, 2.05) is 6.92 Å². The number of thiophene rings is 1. The Bertz CT molecular complexity index is 743. The molecule has 0 saturated heterocycles. The number of ketones is 1. The molecular weight excluding hydrogens is 303 g/mol. The van der Waals surface area contributed by atoms with Crippen molar-refractivity contribution in [2.45, 2.75) is 26.6 Å². The van der Waals surface area contributed by atoms with Gasteiger partial charge in [-0.2, -0.15) is 13.2 Å². The van der Waals surface area contributed by atoms with Gasteiger partial charge in [0.1, 0.15) is 5.69 Å². The standard InChI is InChI=1S/C14H12F3NO2S/c1-8-6-10(9(2)21-8)11(19)7-18-12(14(15,16)17)4-3-5-13(18)20/h3-6H,7H2,1-2H3. The first kappa shape index (κ1) is 15.5. The van der Waals surface area contributed by atoms with E-state index >= 15 is 0 Å². The average molecular weight is 315 g/mol. The molecule has 0 spiro atoms. The summed E-state index contributed by atoms with van der Waals surface area (Å²) in [5.74, 6) is -0.504. The third-order valence-corrected chi connectivity index (χ3v) is 3.95. The normalized spacial score (nSPS) is 11.7. The molecule has 0 aromatic carbocycles. The van der Waals surface area contributed by atoms with Gasteiger partial charge >= 0.3 is 6.18 Å². The van der Waals surface area contributed by atoms with Crippen LogP contribution in [0.25, 0.3) is 0 Å². The van der Waals surface area contributed by atoms with Crippen molar-refractivity contribution in [1.29, 1.82) is 0 Å². The lowest BCUT2D eigenvalue weighted by Crippen LogP contribution is -2.30. The predicted octanol–water partition coefficient (Wildman–Crippen LogP) is 3.43. The molecule has 0 bridgehead atoms. The molecule has 3 nitrogen and oxygen atoms in total. The molecule has 0 unspecified atom stereocenters. The second-order valence-corrected chi connectivity index (χ2v) is 6.04. The Morgan fingerprint density at radius 1 is 1.29 bits per heavy atom. The zero-order valence-corrected chi connectivity index (χ0v) is 12.1. The van der Waals surface area contributed by atoms with Gasteiger partial charge in [-0.15, -0.1) is 11.3 Å². The molecule has 21 heavy (non-hydrogen) atoms. The molecule has 2 aromatic rings. The molecule has 0 aliphatic rings. The van der Waals surface area contributed by atoms with Gasteiger partial charge in [-0.3, -0.25) is 14.2 Å². The fourth-order valence-electron chi connectivity index (χ4n) is 2.07. The minimum Gasteiger partial charge on any atom is -0.297 e. The van der Waals surface area contributed by atoms with Crippen LogP contribution < -0.4 is 5.56 Å². The number of aromatic nitrogens is 1. The molecule has 0 aliphatic heterocycles. The van der Waals surface area contributed by atoms with Crippen LogP contribution in [0.3, 0.4) is 0 Å². The van der Waals surface area contributed by atoms with Gasteiger partial charge in [0.15, 0.2) is 5.78 Å². The van der Waals surface area contributed by atoms with E-state index < -0.39 is 29.8 Å². The molecule has 0 fully saturated rings. The minimum atomic E-state index is -4.68. The topological polar surface area (TPSA) is 39.1 Å². The van der Waals surface area contributed by atoms with E-state index in [0.29, 0.717) is 10.1 Å². The third-order valence-electron chi connectivity index (χ3n) is 2.98. The summed E-state index contributed by atoms with van der Waals surface area (Å²) >= 11 is 1.39. The highest BCUT2D eigenvalue weighted by atomic mass is 32.1. The SMILES string of the molecule is Cc1cc(C(=O)Cn2c(C(F)(F)F)cccc2=O)c(C)s1. The fourth-order valence-corrected chi connectivity index (χ4v) is 3.01. The summed E-state index contributed by atoms with van der Waals surface area (Å²) in [5.41, 5.74) is -1.60. The smallest absolute Gasteiger partial charge is 0.297 e. The number of pyridine rings is 1. The number of halogens is 3. The number of aryl methyl sites for hydroxylation is 2. The van der Waals surface area contributed by atoms with Gasteiger partial charge in [0, 0.05) is 21.4 Å². The van der Waals surface area contributed by atoms with Crippen LogP contribution in [0.4, 0.5) is 13.2 Å². The van der Waals surface area contributed by atoms with Crippen LogP contribution in [0.5, 0.6) is 0 Å². The van der Waals surface area contributed by atoms with Gasteiger partial charge in [0.25, 0.3) is 5.56 Å². The Balaban J connectivity index is 2.43. The van der Waals surface area contributed by atoms with Gasteiger partial charge in [-0.25, -0.2) is 0 Å². The first-order valence-corrected chi connectivity index (χ1v) is 6.89. The molecule has 7 heteroatoms. The molecule has 0 aliphatic carbocycles. The van der Waals surface area contributed by atoms with Gasteiger partial charge < -0.3 is 0 Å². The van der Waals surface area contributed by atoms with Crippen LogP contribution in [-0.4, -0.2) is 10.4 Å². The number of carbonyl (C=O) groups excluding carboxylic acids is 1. The molecule has 0 atom stereocenters. The van der Waals surface area contributed by atoms with Crippen LogP contribution in [0.2, 0.25) is 0 Å². The maximum Gasteiger partial charge on any atom is 0.431 e. The van der Waals surface area contributed by atoms with Gasteiger partial charge in [0.2, 0.25) is 0 Å². The van der Waals surface area contributed by atoms with Crippen LogP contribution >= 0.6 is 11.3 Å². The number of alkyl halides is 3. The van der Waals surface area contributed by atoms with Gasteiger partial charge in [0.05, 0.1) is 6.54 Å². The van der Waals surface area contributed by atoms with E-state index in [9.17, 15) is 22.8 Å². The van der Waals surface area contributed by atoms with E-state index in [2.05, 4.69) is 0 Å². The summed E-state index contributed by atoms with van der Waals surface area (Å²) in [4.78, 5) is 25.4. The summed E-state index contributed by atoms with van der Waals surface area (Å²) in [6, 6.07) is 4.46. The highest BCUT2D eigenvalue weighted by molar-refractivity contribution is 7.12. The zero-order chi connectivity index (χ0) is 15.8. The molecule has 0 amide bonds. The largest absolute Gasteiger partial charge is 0.431 e. The lowest BCUT2D eigenvalue weighted by Gasteiger charge is -2.14. The summed E-state index contributed by atoms with van der Waals surface area (Å²) in [5, 5.41) is 0. The Labute approximate surface area is 122 Å². The molecule has 0 saturated carbocycles. The Kier molecular flexibility index (Phi) is 4.04. The minimum absolute atomic E-state index is 0.362. The molecule has 2 heterocycles.